The summed E-state index contributed by atoms with van der Waals surface area (Å²) in [6.07, 6.45) is 8.99. The molecule has 2 aromatic rings. The van der Waals surface area contributed by atoms with Crippen LogP contribution >= 0.6 is 0 Å². The third-order valence-corrected chi connectivity index (χ3v) is 5.91. The Morgan fingerprint density at radius 1 is 0.920 bits per heavy atom. The van der Waals surface area contributed by atoms with E-state index in [0.717, 1.165) is 13.1 Å². The van der Waals surface area contributed by atoms with Gasteiger partial charge in [-0.25, -0.2) is 0 Å². The van der Waals surface area contributed by atoms with Crippen molar-refractivity contribution >= 4 is 0 Å². The van der Waals surface area contributed by atoms with Crippen LogP contribution in [0.5, 0.6) is 0 Å². The van der Waals surface area contributed by atoms with Crippen molar-refractivity contribution in [2.45, 2.75) is 70.7 Å². The van der Waals surface area contributed by atoms with Gasteiger partial charge in [0.15, 0.2) is 0 Å². The third kappa shape index (κ3) is 3.75. The first kappa shape index (κ1) is 16.7. The van der Waals surface area contributed by atoms with E-state index >= 15 is 0 Å². The molecule has 2 aromatic heterocycles. The summed E-state index contributed by atoms with van der Waals surface area (Å²) >= 11 is 0. The van der Waals surface area contributed by atoms with Crippen LogP contribution in [-0.4, -0.2) is 33.0 Å². The van der Waals surface area contributed by atoms with Gasteiger partial charge in [-0.05, 0) is 62.8 Å². The number of aromatic nitrogens is 2. The second-order valence-electron chi connectivity index (χ2n) is 7.70. The van der Waals surface area contributed by atoms with Crippen LogP contribution in [0, 0.1) is 13.8 Å². The number of hydrogen-bond acceptors (Lipinski definition) is 4. The molecule has 4 rings (SSSR count). The zero-order valence-electron chi connectivity index (χ0n) is 15.3. The highest BCUT2D eigenvalue weighted by molar-refractivity contribution is 5.20. The Kier molecular flexibility index (Phi) is 4.82. The molecule has 3 atom stereocenters. The molecule has 0 saturated carbocycles. The summed E-state index contributed by atoms with van der Waals surface area (Å²) in [4.78, 5) is 11.9. The highest BCUT2D eigenvalue weighted by atomic mass is 15.2. The normalized spacial score (nSPS) is 25.5. The highest BCUT2D eigenvalue weighted by Crippen LogP contribution is 2.31. The topological polar surface area (TPSA) is 41.1 Å². The smallest absolute Gasteiger partial charge is 0.0573 e. The summed E-state index contributed by atoms with van der Waals surface area (Å²) in [5, 5.41) is 3.77. The van der Waals surface area contributed by atoms with E-state index in [-0.39, 0.29) is 0 Å². The molecule has 0 aliphatic carbocycles. The van der Waals surface area contributed by atoms with Crippen LogP contribution in [0.3, 0.4) is 0 Å². The van der Waals surface area contributed by atoms with E-state index in [1.54, 1.807) is 0 Å². The molecular weight excluding hydrogens is 308 g/mol. The molecule has 0 unspecified atom stereocenters. The van der Waals surface area contributed by atoms with Gasteiger partial charge < -0.3 is 5.32 Å². The van der Waals surface area contributed by atoms with E-state index in [4.69, 9.17) is 0 Å². The fraction of sp³-hybridized carbons (Fsp3) is 0.524. The largest absolute Gasteiger partial charge is 0.311 e. The summed E-state index contributed by atoms with van der Waals surface area (Å²) < 4.78 is 0. The molecule has 2 fully saturated rings. The predicted molar refractivity (Wildman–Crippen MR) is 100 cm³/mol. The number of fused-ring (bicyclic) bond motifs is 2. The van der Waals surface area contributed by atoms with Crippen molar-refractivity contribution in [3.8, 4) is 0 Å². The minimum absolute atomic E-state index is 0.613. The predicted octanol–water partition coefficient (Wildman–Crippen LogP) is 3.38. The highest BCUT2D eigenvalue weighted by Gasteiger charge is 2.36. The number of piperidine rings is 1. The van der Waals surface area contributed by atoms with Crippen LogP contribution in [0.25, 0.3) is 0 Å². The van der Waals surface area contributed by atoms with Crippen molar-refractivity contribution < 1.29 is 0 Å². The molecule has 0 amide bonds. The second-order valence-corrected chi connectivity index (χ2v) is 7.70. The molecule has 2 aliphatic heterocycles. The Bertz CT molecular complexity index is 670. The summed E-state index contributed by atoms with van der Waals surface area (Å²) in [6, 6.07) is 10.4. The van der Waals surface area contributed by atoms with Gasteiger partial charge in [0, 0.05) is 43.6 Å². The van der Waals surface area contributed by atoms with Gasteiger partial charge in [0.05, 0.1) is 11.4 Å². The zero-order valence-corrected chi connectivity index (χ0v) is 15.3. The molecule has 1 N–H and O–H groups in total. The zero-order chi connectivity index (χ0) is 17.2. The molecule has 4 heterocycles. The van der Waals surface area contributed by atoms with Crippen molar-refractivity contribution in [2.75, 3.05) is 0 Å². The van der Waals surface area contributed by atoms with Gasteiger partial charge in [0.2, 0.25) is 0 Å². The van der Waals surface area contributed by atoms with Crippen LogP contribution in [0.15, 0.2) is 36.7 Å². The van der Waals surface area contributed by atoms with E-state index in [9.17, 15) is 0 Å². The summed E-state index contributed by atoms with van der Waals surface area (Å²) in [6.45, 7) is 6.15. The Morgan fingerprint density at radius 2 is 1.44 bits per heavy atom. The number of rotatable bonds is 5. The number of hydrogen-bond donors (Lipinski definition) is 1. The monoisotopic (exact) mass is 336 g/mol. The van der Waals surface area contributed by atoms with Gasteiger partial charge in [-0.15, -0.1) is 0 Å². The Balaban J connectivity index is 1.58. The molecule has 4 nitrogen and oxygen atoms in total. The van der Waals surface area contributed by atoms with Crippen molar-refractivity contribution in [2.24, 2.45) is 0 Å². The van der Waals surface area contributed by atoms with Crippen LogP contribution in [0.1, 0.15) is 48.2 Å². The molecule has 2 aliphatic rings. The first-order valence-corrected chi connectivity index (χ1v) is 9.50. The van der Waals surface area contributed by atoms with Crippen LogP contribution in [0.4, 0.5) is 0 Å². The first-order chi connectivity index (χ1) is 12.2. The lowest BCUT2D eigenvalue weighted by atomic mass is 9.97. The van der Waals surface area contributed by atoms with Crippen LogP contribution < -0.4 is 5.32 Å². The van der Waals surface area contributed by atoms with E-state index < -0.39 is 0 Å². The number of pyridine rings is 2. The van der Waals surface area contributed by atoms with E-state index in [0.29, 0.717) is 18.1 Å². The molecule has 0 radical (unpaired) electrons. The number of nitrogens with zero attached hydrogens (tertiary/aromatic N) is 3. The van der Waals surface area contributed by atoms with Crippen molar-refractivity contribution in [1.29, 1.82) is 0 Å². The van der Waals surface area contributed by atoms with Crippen LogP contribution in [-0.2, 0) is 13.1 Å². The minimum atomic E-state index is 0.613. The van der Waals surface area contributed by atoms with Crippen molar-refractivity contribution in [3.63, 3.8) is 0 Å². The number of aryl methyl sites for hydroxylation is 2. The second kappa shape index (κ2) is 7.22. The van der Waals surface area contributed by atoms with Gasteiger partial charge in [0.1, 0.15) is 0 Å². The SMILES string of the molecule is Cc1cccnc1CN(Cc1ncccc1C)[C@H]1C[C@H]2CC[C@@H](C1)N2. The maximum Gasteiger partial charge on any atom is 0.0573 e. The third-order valence-electron chi connectivity index (χ3n) is 5.91. The summed E-state index contributed by atoms with van der Waals surface area (Å²) in [7, 11) is 0. The first-order valence-electron chi connectivity index (χ1n) is 9.50. The fourth-order valence-electron chi connectivity index (χ4n) is 4.39. The summed E-state index contributed by atoms with van der Waals surface area (Å²) in [5.41, 5.74) is 4.95. The minimum Gasteiger partial charge on any atom is -0.311 e. The van der Waals surface area contributed by atoms with Gasteiger partial charge in [-0.3, -0.25) is 14.9 Å². The molecule has 2 bridgehead atoms. The van der Waals surface area contributed by atoms with Gasteiger partial charge in [-0.1, -0.05) is 12.1 Å². The lowest BCUT2D eigenvalue weighted by Crippen LogP contribution is -2.48. The fourth-order valence-corrected chi connectivity index (χ4v) is 4.39. The molecule has 4 heteroatoms. The van der Waals surface area contributed by atoms with Crippen molar-refractivity contribution in [3.05, 3.63) is 59.2 Å². The van der Waals surface area contributed by atoms with Gasteiger partial charge in [-0.2, -0.15) is 0 Å². The van der Waals surface area contributed by atoms with Crippen molar-refractivity contribution in [1.82, 2.24) is 20.2 Å². The van der Waals surface area contributed by atoms with E-state index in [1.807, 2.05) is 24.5 Å². The molecule has 2 saturated heterocycles. The maximum absolute atomic E-state index is 4.65. The molecular formula is C21H28N4. The van der Waals surface area contributed by atoms with Gasteiger partial charge in [0.25, 0.3) is 0 Å². The molecule has 132 valence electrons. The average Bonchev–Trinajstić information content (AvgIpc) is 2.96. The van der Waals surface area contributed by atoms with E-state index in [2.05, 4.69) is 46.2 Å². The Hall–Kier alpha value is -1.78. The Morgan fingerprint density at radius 3 is 1.92 bits per heavy atom. The lowest BCUT2D eigenvalue weighted by Gasteiger charge is -2.38. The van der Waals surface area contributed by atoms with E-state index in [1.165, 1.54) is 48.2 Å². The lowest BCUT2D eigenvalue weighted by molar-refractivity contribution is 0.123. The summed E-state index contributed by atoms with van der Waals surface area (Å²) in [5.74, 6) is 0. The number of nitrogens with one attached hydrogen (secondary N) is 1. The molecule has 0 aromatic carbocycles. The van der Waals surface area contributed by atoms with Gasteiger partial charge >= 0.3 is 0 Å². The quantitative estimate of drug-likeness (QED) is 0.909. The Labute approximate surface area is 150 Å². The van der Waals surface area contributed by atoms with Crippen LogP contribution in [0.2, 0.25) is 0 Å². The standard InChI is InChI=1S/C21H28N4/c1-15-5-3-9-22-20(15)13-25(14-21-16(2)6-4-10-23-21)19-11-17-7-8-18(12-19)24-17/h3-6,9-10,17-19,24H,7-8,11-14H2,1-2H3/t17-,18+,19+. The average molecular weight is 336 g/mol. The maximum atomic E-state index is 4.65. The molecule has 0 spiro atoms. The molecule has 25 heavy (non-hydrogen) atoms.